The van der Waals surface area contributed by atoms with E-state index < -0.39 is 11.0 Å². The zero-order valence-electron chi connectivity index (χ0n) is 10.1. The predicted octanol–water partition coefficient (Wildman–Crippen LogP) is -0.0457. The summed E-state index contributed by atoms with van der Waals surface area (Å²) in [6, 6.07) is 2.82. The van der Waals surface area contributed by atoms with E-state index in [9.17, 15) is 10.1 Å². The van der Waals surface area contributed by atoms with Gasteiger partial charge in [0.1, 0.15) is 5.82 Å². The Labute approximate surface area is 104 Å². The Balaban J connectivity index is 2.39. The van der Waals surface area contributed by atoms with Crippen LogP contribution >= 0.6 is 0 Å². The number of rotatable bonds is 7. The van der Waals surface area contributed by atoms with Gasteiger partial charge in [0.05, 0.1) is 11.0 Å². The van der Waals surface area contributed by atoms with Crippen molar-refractivity contribution < 1.29 is 10.0 Å². The second kappa shape index (κ2) is 6.72. The van der Waals surface area contributed by atoms with E-state index in [0.29, 0.717) is 25.5 Å². The van der Waals surface area contributed by atoms with E-state index in [1.807, 2.05) is 0 Å². The van der Waals surface area contributed by atoms with E-state index in [1.165, 1.54) is 12.1 Å². The topological polar surface area (TPSA) is 126 Å². The van der Waals surface area contributed by atoms with Crippen LogP contribution in [0.2, 0.25) is 0 Å². The van der Waals surface area contributed by atoms with Crippen LogP contribution < -0.4 is 16.4 Å². The lowest BCUT2D eigenvalue weighted by Crippen LogP contribution is -2.29. The van der Waals surface area contributed by atoms with Crippen LogP contribution in [0.25, 0.3) is 0 Å². The highest BCUT2D eigenvalue weighted by Gasteiger charge is 2.12. The zero-order chi connectivity index (χ0) is 13.5. The van der Waals surface area contributed by atoms with Gasteiger partial charge in [-0.3, -0.25) is 10.1 Å². The van der Waals surface area contributed by atoms with Crippen LogP contribution in [0, 0.1) is 10.1 Å². The summed E-state index contributed by atoms with van der Waals surface area (Å²) in [4.78, 5) is 13.8. The second-order valence-corrected chi connectivity index (χ2v) is 3.84. The Kier molecular flexibility index (Phi) is 5.28. The monoisotopic (exact) mass is 255 g/mol. The lowest BCUT2D eigenvalue weighted by molar-refractivity contribution is -0.384. The van der Waals surface area contributed by atoms with Crippen molar-refractivity contribution in [1.82, 2.24) is 10.3 Å². The van der Waals surface area contributed by atoms with Crippen molar-refractivity contribution in [3.63, 3.8) is 0 Å². The SMILES string of the molecule is CC(O)CNCCNc1ccc([N+](=O)[O-])c(N)n1. The van der Waals surface area contributed by atoms with Gasteiger partial charge < -0.3 is 21.5 Å². The highest BCUT2D eigenvalue weighted by atomic mass is 16.6. The normalized spacial score (nSPS) is 12.1. The molecular weight excluding hydrogens is 238 g/mol. The van der Waals surface area contributed by atoms with Crippen LogP contribution in [0.4, 0.5) is 17.3 Å². The molecule has 0 radical (unpaired) electrons. The second-order valence-electron chi connectivity index (χ2n) is 3.84. The molecule has 5 N–H and O–H groups in total. The number of hydrogen-bond donors (Lipinski definition) is 4. The van der Waals surface area contributed by atoms with Crippen LogP contribution in [-0.4, -0.2) is 40.8 Å². The maximum Gasteiger partial charge on any atom is 0.311 e. The minimum absolute atomic E-state index is 0.109. The highest BCUT2D eigenvalue weighted by molar-refractivity contribution is 5.57. The van der Waals surface area contributed by atoms with Crippen molar-refractivity contribution in [1.29, 1.82) is 0 Å². The Hall–Kier alpha value is -1.93. The number of hydrogen-bond acceptors (Lipinski definition) is 7. The van der Waals surface area contributed by atoms with Crippen molar-refractivity contribution in [2.24, 2.45) is 0 Å². The smallest absolute Gasteiger partial charge is 0.311 e. The Morgan fingerprint density at radius 1 is 1.56 bits per heavy atom. The molecule has 0 aromatic carbocycles. The number of nitro groups is 1. The van der Waals surface area contributed by atoms with Gasteiger partial charge in [0.15, 0.2) is 0 Å². The Morgan fingerprint density at radius 2 is 2.28 bits per heavy atom. The van der Waals surface area contributed by atoms with Crippen LogP contribution in [-0.2, 0) is 0 Å². The van der Waals surface area contributed by atoms with Crippen molar-refractivity contribution in [2.75, 3.05) is 30.7 Å². The first-order chi connectivity index (χ1) is 8.50. The first-order valence-corrected chi connectivity index (χ1v) is 5.54. The summed E-state index contributed by atoms with van der Waals surface area (Å²) < 4.78 is 0. The summed E-state index contributed by atoms with van der Waals surface area (Å²) in [7, 11) is 0. The van der Waals surface area contributed by atoms with Gasteiger partial charge in [0.25, 0.3) is 0 Å². The molecule has 8 nitrogen and oxygen atoms in total. The summed E-state index contributed by atoms with van der Waals surface area (Å²) in [6.45, 7) is 3.43. The van der Waals surface area contributed by atoms with Crippen LogP contribution in [0.1, 0.15) is 6.92 Å². The van der Waals surface area contributed by atoms with Crippen molar-refractivity contribution >= 4 is 17.3 Å². The summed E-state index contributed by atoms with van der Waals surface area (Å²) in [5.74, 6) is 0.374. The van der Waals surface area contributed by atoms with E-state index >= 15 is 0 Å². The van der Waals surface area contributed by atoms with E-state index in [1.54, 1.807) is 6.92 Å². The van der Waals surface area contributed by atoms with Gasteiger partial charge in [-0.1, -0.05) is 0 Å². The van der Waals surface area contributed by atoms with Crippen LogP contribution in [0.5, 0.6) is 0 Å². The molecule has 18 heavy (non-hydrogen) atoms. The number of pyridine rings is 1. The van der Waals surface area contributed by atoms with Gasteiger partial charge in [0, 0.05) is 25.7 Å². The van der Waals surface area contributed by atoms with Gasteiger partial charge in [-0.15, -0.1) is 0 Å². The molecule has 8 heteroatoms. The zero-order valence-corrected chi connectivity index (χ0v) is 10.1. The molecular formula is C10H17N5O3. The third kappa shape index (κ3) is 4.52. The van der Waals surface area contributed by atoms with E-state index in [0.717, 1.165) is 0 Å². The van der Waals surface area contributed by atoms with Gasteiger partial charge in [-0.25, -0.2) is 4.98 Å². The lowest BCUT2D eigenvalue weighted by Gasteiger charge is -2.08. The fourth-order valence-electron chi connectivity index (χ4n) is 1.31. The molecule has 0 saturated heterocycles. The van der Waals surface area contributed by atoms with E-state index in [-0.39, 0.29) is 11.5 Å². The minimum Gasteiger partial charge on any atom is -0.392 e. The first-order valence-electron chi connectivity index (χ1n) is 5.54. The summed E-state index contributed by atoms with van der Waals surface area (Å²) in [5.41, 5.74) is 5.25. The van der Waals surface area contributed by atoms with E-state index in [4.69, 9.17) is 10.8 Å². The molecule has 1 atom stereocenters. The van der Waals surface area contributed by atoms with Crippen LogP contribution in [0.3, 0.4) is 0 Å². The number of aliphatic hydroxyl groups excluding tert-OH is 1. The molecule has 0 bridgehead atoms. The molecule has 1 unspecified atom stereocenters. The third-order valence-corrected chi connectivity index (χ3v) is 2.15. The Bertz CT molecular complexity index is 410. The molecule has 0 aliphatic heterocycles. The van der Waals surface area contributed by atoms with Crippen molar-refractivity contribution in [3.05, 3.63) is 22.2 Å². The maximum atomic E-state index is 10.5. The highest BCUT2D eigenvalue weighted by Crippen LogP contribution is 2.20. The number of nitrogen functional groups attached to an aromatic ring is 1. The van der Waals surface area contributed by atoms with Crippen molar-refractivity contribution in [3.8, 4) is 0 Å². The minimum atomic E-state index is -0.573. The maximum absolute atomic E-state index is 10.5. The summed E-state index contributed by atoms with van der Waals surface area (Å²) in [6.07, 6.45) is -0.391. The van der Waals surface area contributed by atoms with Gasteiger partial charge >= 0.3 is 5.69 Å². The standard InChI is InChI=1S/C10H17N5O3/c1-7(16)6-12-4-5-13-9-3-2-8(15(17)18)10(11)14-9/h2-3,7,12,16H,4-6H2,1H3,(H3,11,13,14). The molecule has 0 saturated carbocycles. The average molecular weight is 255 g/mol. The molecule has 0 amide bonds. The average Bonchev–Trinajstić information content (AvgIpc) is 2.27. The number of aromatic nitrogens is 1. The molecule has 0 aliphatic carbocycles. The number of anilines is 2. The number of nitrogens with two attached hydrogens (primary N) is 1. The lowest BCUT2D eigenvalue weighted by atomic mass is 10.3. The van der Waals surface area contributed by atoms with Gasteiger partial charge in [0.2, 0.25) is 5.82 Å². The molecule has 1 aromatic rings. The van der Waals surface area contributed by atoms with Gasteiger partial charge in [-0.05, 0) is 13.0 Å². The Morgan fingerprint density at radius 3 is 2.83 bits per heavy atom. The molecule has 0 spiro atoms. The van der Waals surface area contributed by atoms with E-state index in [2.05, 4.69) is 15.6 Å². The van der Waals surface area contributed by atoms with Gasteiger partial charge in [-0.2, -0.15) is 0 Å². The molecule has 1 aromatic heterocycles. The number of aliphatic hydroxyl groups is 1. The fourth-order valence-corrected chi connectivity index (χ4v) is 1.31. The largest absolute Gasteiger partial charge is 0.392 e. The summed E-state index contributed by atoms with van der Waals surface area (Å²) >= 11 is 0. The molecule has 1 heterocycles. The first kappa shape index (κ1) is 14.1. The molecule has 1 rings (SSSR count). The fraction of sp³-hybridized carbons (Fsp3) is 0.500. The predicted molar refractivity (Wildman–Crippen MR) is 68.3 cm³/mol. The molecule has 100 valence electrons. The summed E-state index contributed by atoms with van der Waals surface area (Å²) in [5, 5.41) is 25.5. The quantitative estimate of drug-likeness (QED) is 0.306. The molecule has 0 aliphatic rings. The number of nitrogens with zero attached hydrogens (tertiary/aromatic N) is 2. The van der Waals surface area contributed by atoms with Crippen LogP contribution in [0.15, 0.2) is 12.1 Å². The van der Waals surface area contributed by atoms with Crippen molar-refractivity contribution in [2.45, 2.75) is 13.0 Å². The molecule has 0 fully saturated rings. The number of nitrogens with one attached hydrogen (secondary N) is 2. The third-order valence-electron chi connectivity index (χ3n) is 2.15.